The van der Waals surface area contributed by atoms with Gasteiger partial charge in [-0.1, -0.05) is 30.3 Å². The molecule has 0 saturated heterocycles. The zero-order chi connectivity index (χ0) is 14.6. The van der Waals surface area contributed by atoms with Crippen molar-refractivity contribution in [3.8, 4) is 0 Å². The predicted molar refractivity (Wildman–Crippen MR) is 80.9 cm³/mol. The molecule has 1 fully saturated rings. The van der Waals surface area contributed by atoms with Gasteiger partial charge in [-0.2, -0.15) is 0 Å². The van der Waals surface area contributed by atoms with Crippen molar-refractivity contribution in [3.63, 3.8) is 0 Å². The Morgan fingerprint density at radius 3 is 2.65 bits per heavy atom. The molecule has 1 aromatic rings. The first kappa shape index (κ1) is 15.0. The second-order valence-electron chi connectivity index (χ2n) is 6.51. The Balaban J connectivity index is 1.76. The summed E-state index contributed by atoms with van der Waals surface area (Å²) in [4.78, 5) is 11.1. The summed E-state index contributed by atoms with van der Waals surface area (Å²) in [5.74, 6) is -0.0610. The maximum atomic E-state index is 11.1. The number of carboxylic acid groups (broad SMARTS) is 1. The van der Waals surface area contributed by atoms with E-state index in [1.807, 2.05) is 0 Å². The molecule has 3 heteroatoms. The third kappa shape index (κ3) is 3.83. The number of carboxylic acids is 1. The van der Waals surface area contributed by atoms with E-state index >= 15 is 0 Å². The van der Waals surface area contributed by atoms with Crippen molar-refractivity contribution in [1.29, 1.82) is 0 Å². The van der Waals surface area contributed by atoms with Gasteiger partial charge in [-0.3, -0.25) is 4.79 Å². The van der Waals surface area contributed by atoms with Crippen LogP contribution in [0.3, 0.4) is 0 Å². The van der Waals surface area contributed by atoms with Crippen molar-refractivity contribution in [2.45, 2.75) is 51.5 Å². The summed E-state index contributed by atoms with van der Waals surface area (Å²) in [7, 11) is 0. The molecule has 2 N–H and O–H groups in total. The number of hydrogen-bond donors (Lipinski definition) is 2. The van der Waals surface area contributed by atoms with E-state index in [1.54, 1.807) is 13.8 Å². The van der Waals surface area contributed by atoms with E-state index in [-0.39, 0.29) is 0 Å². The van der Waals surface area contributed by atoms with Gasteiger partial charge in [0.15, 0.2) is 0 Å². The van der Waals surface area contributed by atoms with Crippen LogP contribution in [0, 0.1) is 5.41 Å². The predicted octanol–water partition coefficient (Wildman–Crippen LogP) is 3.41. The first-order valence-corrected chi connectivity index (χ1v) is 7.51. The molecule has 1 saturated carbocycles. The summed E-state index contributed by atoms with van der Waals surface area (Å²) >= 11 is 0. The molecule has 0 aromatic heterocycles. The number of carbonyl (C=O) groups is 1. The third-order valence-corrected chi connectivity index (χ3v) is 4.47. The molecule has 1 aliphatic rings. The van der Waals surface area contributed by atoms with Crippen molar-refractivity contribution in [3.05, 3.63) is 35.9 Å². The Kier molecular flexibility index (Phi) is 4.81. The van der Waals surface area contributed by atoms with Crippen LogP contribution in [-0.4, -0.2) is 23.7 Å². The van der Waals surface area contributed by atoms with Gasteiger partial charge in [0.05, 0.1) is 5.41 Å². The van der Waals surface area contributed by atoms with Crippen LogP contribution < -0.4 is 5.32 Å². The lowest BCUT2D eigenvalue weighted by Gasteiger charge is -2.21. The van der Waals surface area contributed by atoms with E-state index in [2.05, 4.69) is 35.6 Å². The molecule has 20 heavy (non-hydrogen) atoms. The Morgan fingerprint density at radius 1 is 1.30 bits per heavy atom. The minimum atomic E-state index is -0.715. The largest absolute Gasteiger partial charge is 0.481 e. The first-order chi connectivity index (χ1) is 9.49. The minimum absolute atomic E-state index is 0.532. The van der Waals surface area contributed by atoms with E-state index in [0.29, 0.717) is 18.4 Å². The van der Waals surface area contributed by atoms with Gasteiger partial charge >= 0.3 is 5.97 Å². The molecule has 0 bridgehead atoms. The normalized spacial score (nSPS) is 22.9. The Labute approximate surface area is 121 Å². The molecule has 110 valence electrons. The molecule has 1 aliphatic carbocycles. The van der Waals surface area contributed by atoms with Gasteiger partial charge < -0.3 is 10.4 Å². The van der Waals surface area contributed by atoms with E-state index in [9.17, 15) is 4.79 Å². The number of aliphatic carboxylic acids is 1. The van der Waals surface area contributed by atoms with Gasteiger partial charge in [-0.25, -0.2) is 0 Å². The summed E-state index contributed by atoms with van der Waals surface area (Å²) in [5.41, 5.74) is 0.799. The molecule has 2 rings (SSSR count). The number of nitrogens with one attached hydrogen (secondary N) is 1. The quantitative estimate of drug-likeness (QED) is 0.836. The summed E-state index contributed by atoms with van der Waals surface area (Å²) in [6.07, 6.45) is 4.25. The highest BCUT2D eigenvalue weighted by atomic mass is 16.4. The molecule has 0 spiro atoms. The van der Waals surface area contributed by atoms with E-state index < -0.39 is 11.4 Å². The molecule has 0 aliphatic heterocycles. The highest BCUT2D eigenvalue weighted by Gasteiger charge is 2.28. The molecule has 0 radical (unpaired) electrons. The lowest BCUT2D eigenvalue weighted by molar-refractivity contribution is -0.147. The Bertz CT molecular complexity index is 442. The molecule has 0 amide bonds. The third-order valence-electron chi connectivity index (χ3n) is 4.47. The van der Waals surface area contributed by atoms with E-state index in [0.717, 1.165) is 13.0 Å². The average Bonchev–Trinajstić information content (AvgIpc) is 2.88. The second-order valence-corrected chi connectivity index (χ2v) is 6.51. The standard InChI is InChI=1S/C17H25NO2/c1-17(2,16(19)20)10-11-18-15-9-8-14(12-15)13-6-4-3-5-7-13/h3-7,14-15,18H,8-12H2,1-2H3,(H,19,20). The van der Waals surface area contributed by atoms with Crippen molar-refractivity contribution < 1.29 is 9.90 Å². The number of rotatable bonds is 6. The van der Waals surface area contributed by atoms with Crippen molar-refractivity contribution >= 4 is 5.97 Å². The van der Waals surface area contributed by atoms with Gasteiger partial charge in [0.25, 0.3) is 0 Å². The van der Waals surface area contributed by atoms with Crippen molar-refractivity contribution in [2.24, 2.45) is 5.41 Å². The summed E-state index contributed by atoms with van der Waals surface area (Å²) in [5, 5.41) is 12.6. The topological polar surface area (TPSA) is 49.3 Å². The Hall–Kier alpha value is -1.35. The zero-order valence-electron chi connectivity index (χ0n) is 12.4. The van der Waals surface area contributed by atoms with Gasteiger partial charge in [0, 0.05) is 6.04 Å². The van der Waals surface area contributed by atoms with Crippen LogP contribution >= 0.6 is 0 Å². The smallest absolute Gasteiger partial charge is 0.309 e. The lowest BCUT2D eigenvalue weighted by Crippen LogP contribution is -2.33. The van der Waals surface area contributed by atoms with E-state index in [4.69, 9.17) is 5.11 Å². The molecule has 2 unspecified atom stereocenters. The zero-order valence-corrected chi connectivity index (χ0v) is 12.4. The van der Waals surface area contributed by atoms with Crippen molar-refractivity contribution in [2.75, 3.05) is 6.54 Å². The monoisotopic (exact) mass is 275 g/mol. The molecular formula is C17H25NO2. The SMILES string of the molecule is CC(C)(CCNC1CCC(c2ccccc2)C1)C(=O)O. The van der Waals surface area contributed by atoms with Crippen LogP contribution in [0.4, 0.5) is 0 Å². The minimum Gasteiger partial charge on any atom is -0.481 e. The second kappa shape index (κ2) is 6.40. The van der Waals surface area contributed by atoms with Gasteiger partial charge in [-0.05, 0) is 57.6 Å². The van der Waals surface area contributed by atoms with Crippen molar-refractivity contribution in [1.82, 2.24) is 5.32 Å². The first-order valence-electron chi connectivity index (χ1n) is 7.51. The van der Waals surface area contributed by atoms with Gasteiger partial charge in [0.2, 0.25) is 0 Å². The van der Waals surface area contributed by atoms with Gasteiger partial charge in [0.1, 0.15) is 0 Å². The fraction of sp³-hybridized carbons (Fsp3) is 0.588. The number of benzene rings is 1. The maximum absolute atomic E-state index is 11.1. The fourth-order valence-corrected chi connectivity index (χ4v) is 2.89. The van der Waals surface area contributed by atoms with Crippen LogP contribution in [0.1, 0.15) is 51.0 Å². The molecule has 2 atom stereocenters. The van der Waals surface area contributed by atoms with Crippen LogP contribution in [-0.2, 0) is 4.79 Å². The summed E-state index contributed by atoms with van der Waals surface area (Å²) in [6, 6.07) is 11.2. The van der Waals surface area contributed by atoms with Crippen LogP contribution in [0.15, 0.2) is 30.3 Å². The molecule has 0 heterocycles. The highest BCUT2D eigenvalue weighted by Crippen LogP contribution is 2.34. The summed E-state index contributed by atoms with van der Waals surface area (Å²) in [6.45, 7) is 4.36. The fourth-order valence-electron chi connectivity index (χ4n) is 2.89. The van der Waals surface area contributed by atoms with Crippen LogP contribution in [0.25, 0.3) is 0 Å². The lowest BCUT2D eigenvalue weighted by atomic mass is 9.89. The van der Waals surface area contributed by atoms with E-state index in [1.165, 1.54) is 18.4 Å². The van der Waals surface area contributed by atoms with Crippen LogP contribution in [0.5, 0.6) is 0 Å². The summed E-state index contributed by atoms with van der Waals surface area (Å²) < 4.78 is 0. The van der Waals surface area contributed by atoms with Crippen LogP contribution in [0.2, 0.25) is 0 Å². The molecular weight excluding hydrogens is 250 g/mol. The molecule has 3 nitrogen and oxygen atoms in total. The number of hydrogen-bond acceptors (Lipinski definition) is 2. The highest BCUT2D eigenvalue weighted by molar-refractivity contribution is 5.73. The van der Waals surface area contributed by atoms with Gasteiger partial charge in [-0.15, -0.1) is 0 Å². The Morgan fingerprint density at radius 2 is 2.00 bits per heavy atom. The average molecular weight is 275 g/mol. The maximum Gasteiger partial charge on any atom is 0.309 e. The molecule has 1 aromatic carbocycles.